The third-order valence-electron chi connectivity index (χ3n) is 2.82. The van der Waals surface area contributed by atoms with E-state index in [2.05, 4.69) is 0 Å². The highest BCUT2D eigenvalue weighted by atomic mass is 32.3. The predicted molar refractivity (Wildman–Crippen MR) is 79.0 cm³/mol. The third-order valence-corrected chi connectivity index (χ3v) is 3.66. The van der Waals surface area contributed by atoms with Crippen molar-refractivity contribution in [3.8, 4) is 11.5 Å². The van der Waals surface area contributed by atoms with Gasteiger partial charge in [-0.05, 0) is 48.5 Å². The second kappa shape index (κ2) is 6.17. The van der Waals surface area contributed by atoms with E-state index in [-0.39, 0.29) is 11.4 Å². The Kier molecular flexibility index (Phi) is 4.52. The maximum absolute atomic E-state index is 13.4. The first-order chi connectivity index (χ1) is 9.95. The second-order valence-corrected chi connectivity index (χ2v) is 5.20. The Morgan fingerprint density at radius 1 is 0.714 bits per heavy atom. The first-order valence-electron chi connectivity index (χ1n) is 5.96. The zero-order chi connectivity index (χ0) is 15.5. The molecule has 0 N–H and O–H groups in total. The molecule has 0 aliphatic rings. The highest BCUT2D eigenvalue weighted by Gasteiger charge is 2.33. The molecular weight excluding hydrogens is 303 g/mol. The molecule has 0 spiro atoms. The van der Waals surface area contributed by atoms with Crippen molar-refractivity contribution in [3.05, 3.63) is 48.5 Å². The van der Waals surface area contributed by atoms with E-state index in [0.29, 0.717) is 15.8 Å². The van der Waals surface area contributed by atoms with Gasteiger partial charge in [0.15, 0.2) is 0 Å². The van der Waals surface area contributed by atoms with Crippen molar-refractivity contribution in [1.29, 1.82) is 0 Å². The summed E-state index contributed by atoms with van der Waals surface area (Å²) in [6.45, 7) is 0. The minimum atomic E-state index is -5.46. The Balaban J connectivity index is 2.41. The monoisotopic (exact) mass is 317 g/mol. The summed E-state index contributed by atoms with van der Waals surface area (Å²) < 4.78 is 50.5. The number of anilines is 2. The van der Waals surface area contributed by atoms with Crippen LogP contribution in [0.4, 0.5) is 23.0 Å². The molecule has 0 bridgehead atoms. The van der Waals surface area contributed by atoms with Gasteiger partial charge in [-0.2, -0.15) is 0 Å². The van der Waals surface area contributed by atoms with E-state index in [0.717, 1.165) is 0 Å². The van der Waals surface area contributed by atoms with Crippen LogP contribution in [0.25, 0.3) is 0 Å². The van der Waals surface area contributed by atoms with Crippen LogP contribution in [0.3, 0.4) is 0 Å². The van der Waals surface area contributed by atoms with Gasteiger partial charge >= 0.3 is 11.4 Å². The van der Waals surface area contributed by atoms with Crippen molar-refractivity contribution in [3.63, 3.8) is 0 Å². The number of hydrogen-bond donors (Lipinski definition) is 0. The van der Waals surface area contributed by atoms with Crippen molar-refractivity contribution < 1.29 is 21.1 Å². The van der Waals surface area contributed by atoms with Gasteiger partial charge in [-0.1, -0.05) is 0 Å². The minimum Gasteiger partial charge on any atom is -0.497 e. The molecule has 0 atom stereocenters. The van der Waals surface area contributed by atoms with E-state index in [9.17, 15) is 11.7 Å². The number of nitrogens with zero attached hydrogens (tertiary/aromatic N) is 1. The van der Waals surface area contributed by atoms with Gasteiger partial charge in [0.1, 0.15) is 11.5 Å². The quantitative estimate of drug-likeness (QED) is 0.755. The molecule has 2 aromatic rings. The maximum Gasteiger partial charge on any atom is 0.306 e. The van der Waals surface area contributed by atoms with Crippen LogP contribution in [0.15, 0.2) is 48.5 Å². The van der Waals surface area contributed by atoms with Gasteiger partial charge in [0, 0.05) is 0 Å². The Hall–Kier alpha value is -2.02. The van der Waals surface area contributed by atoms with Crippen molar-refractivity contribution in [2.24, 2.45) is 0 Å². The molecular formula is C14H14F3NO2S. The van der Waals surface area contributed by atoms with Crippen LogP contribution in [0.5, 0.6) is 11.5 Å². The van der Waals surface area contributed by atoms with Crippen molar-refractivity contribution in [2.45, 2.75) is 0 Å². The average molecular weight is 317 g/mol. The van der Waals surface area contributed by atoms with E-state index < -0.39 is 11.4 Å². The molecule has 0 aromatic heterocycles. The van der Waals surface area contributed by atoms with Gasteiger partial charge < -0.3 is 9.47 Å². The Bertz CT molecular complexity index is 537. The van der Waals surface area contributed by atoms with Gasteiger partial charge in [0.05, 0.1) is 25.6 Å². The van der Waals surface area contributed by atoms with E-state index in [1.807, 2.05) is 0 Å². The number of methoxy groups -OCH3 is 2. The van der Waals surface area contributed by atoms with Gasteiger partial charge in [0.25, 0.3) is 0 Å². The molecule has 0 saturated heterocycles. The normalized spacial score (nSPS) is 11.9. The second-order valence-electron chi connectivity index (χ2n) is 4.07. The summed E-state index contributed by atoms with van der Waals surface area (Å²) in [6, 6.07) is 11.5. The first-order valence-corrected chi connectivity index (χ1v) is 7.25. The molecule has 3 nitrogen and oxygen atoms in total. The Labute approximate surface area is 123 Å². The summed E-state index contributed by atoms with van der Waals surface area (Å²) in [7, 11) is 2.93. The molecule has 0 saturated carbocycles. The summed E-state index contributed by atoms with van der Waals surface area (Å²) >= 11 is -5.46. The lowest BCUT2D eigenvalue weighted by Crippen LogP contribution is -2.13. The van der Waals surface area contributed by atoms with Crippen LogP contribution in [-0.2, 0) is 0 Å². The summed E-state index contributed by atoms with van der Waals surface area (Å²) in [4.78, 5) is 0. The summed E-state index contributed by atoms with van der Waals surface area (Å²) in [6.07, 6.45) is 0. The first kappa shape index (κ1) is 15.4. The zero-order valence-corrected chi connectivity index (χ0v) is 12.2. The maximum atomic E-state index is 13.4. The molecule has 114 valence electrons. The topological polar surface area (TPSA) is 21.7 Å². The molecule has 0 amide bonds. The molecule has 7 heteroatoms. The number of rotatable bonds is 5. The molecule has 2 rings (SSSR count). The van der Waals surface area contributed by atoms with Crippen LogP contribution in [0.2, 0.25) is 0 Å². The van der Waals surface area contributed by atoms with Crippen molar-refractivity contribution in [1.82, 2.24) is 0 Å². The minimum absolute atomic E-state index is 0.0449. The Morgan fingerprint density at radius 2 is 1.05 bits per heavy atom. The molecule has 0 heterocycles. The lowest BCUT2D eigenvalue weighted by atomic mass is 10.2. The molecule has 0 fully saturated rings. The SMILES string of the molecule is COc1ccc(N(c2ccc(OC)cc2)S(F)(F)F)cc1. The van der Waals surface area contributed by atoms with Crippen LogP contribution in [0.1, 0.15) is 0 Å². The van der Waals surface area contributed by atoms with Crippen LogP contribution in [-0.4, -0.2) is 14.2 Å². The van der Waals surface area contributed by atoms with Gasteiger partial charge in [0.2, 0.25) is 0 Å². The third kappa shape index (κ3) is 3.55. The predicted octanol–water partition coefficient (Wildman–Crippen LogP) is 5.22. The fourth-order valence-electron chi connectivity index (χ4n) is 1.82. The van der Waals surface area contributed by atoms with Crippen molar-refractivity contribution >= 4 is 22.7 Å². The Morgan fingerprint density at radius 3 is 1.29 bits per heavy atom. The molecule has 21 heavy (non-hydrogen) atoms. The molecule has 2 aromatic carbocycles. The summed E-state index contributed by atoms with van der Waals surface area (Å²) in [5, 5.41) is 0. The molecule has 0 aliphatic carbocycles. The van der Waals surface area contributed by atoms with Gasteiger partial charge in [-0.25, -0.2) is 4.31 Å². The van der Waals surface area contributed by atoms with Gasteiger partial charge in [-0.3, -0.25) is 0 Å². The fraction of sp³-hybridized carbons (Fsp3) is 0.143. The fourth-order valence-corrected chi connectivity index (χ4v) is 2.54. The van der Waals surface area contributed by atoms with E-state index in [1.54, 1.807) is 0 Å². The van der Waals surface area contributed by atoms with E-state index >= 15 is 0 Å². The lowest BCUT2D eigenvalue weighted by Gasteiger charge is -2.29. The standard InChI is InChI=1S/C14H14F3NO2S/c1-19-13-7-3-11(4-8-13)18(21(15,16)17)12-5-9-14(20-2)10-6-12/h3-10H,1-2H3. The molecule has 0 unspecified atom stereocenters. The highest BCUT2D eigenvalue weighted by Crippen LogP contribution is 2.61. The smallest absolute Gasteiger partial charge is 0.306 e. The molecule has 0 radical (unpaired) electrons. The average Bonchev–Trinajstić information content (AvgIpc) is 2.47. The number of ether oxygens (including phenoxy) is 2. The largest absolute Gasteiger partial charge is 0.497 e. The summed E-state index contributed by atoms with van der Waals surface area (Å²) in [5.74, 6) is 1.01. The van der Waals surface area contributed by atoms with Crippen LogP contribution in [0, 0.1) is 0 Å². The number of benzene rings is 2. The van der Waals surface area contributed by atoms with Gasteiger partial charge in [-0.15, -0.1) is 11.7 Å². The number of hydrogen-bond acceptors (Lipinski definition) is 3. The van der Waals surface area contributed by atoms with Crippen LogP contribution >= 0.6 is 11.4 Å². The summed E-state index contributed by atoms with van der Waals surface area (Å²) in [5.41, 5.74) is 0.0898. The highest BCUT2D eigenvalue weighted by molar-refractivity contribution is 8.22. The van der Waals surface area contributed by atoms with E-state index in [4.69, 9.17) is 9.47 Å². The zero-order valence-electron chi connectivity index (χ0n) is 11.4. The molecule has 0 aliphatic heterocycles. The number of halogens is 3. The van der Waals surface area contributed by atoms with Crippen molar-refractivity contribution in [2.75, 3.05) is 18.5 Å². The lowest BCUT2D eigenvalue weighted by molar-refractivity contribution is 0.415. The van der Waals surface area contributed by atoms with Crippen LogP contribution < -0.4 is 13.8 Å². The van der Waals surface area contributed by atoms with E-state index in [1.165, 1.54) is 62.8 Å².